The van der Waals surface area contributed by atoms with Crippen LogP contribution in [0, 0.1) is 11.7 Å². The molecule has 0 bridgehead atoms. The number of ether oxygens (including phenoxy) is 1. The molecule has 1 fully saturated rings. The van der Waals surface area contributed by atoms with Gasteiger partial charge >= 0.3 is 0 Å². The molecule has 1 N–H and O–H groups in total. The maximum absolute atomic E-state index is 13.1. The fraction of sp³-hybridized carbons (Fsp3) is 0.579. The number of halogens is 1. The normalized spacial score (nSPS) is 18.2. The van der Waals surface area contributed by atoms with Crippen LogP contribution in [0.3, 0.4) is 0 Å². The third kappa shape index (κ3) is 5.53. The van der Waals surface area contributed by atoms with Crippen molar-refractivity contribution in [2.45, 2.75) is 52.3 Å². The lowest BCUT2D eigenvalue weighted by atomic mass is 10.1. The Morgan fingerprint density at radius 2 is 1.96 bits per heavy atom. The van der Waals surface area contributed by atoms with Crippen LogP contribution in [-0.2, 0) is 20.9 Å². The molecule has 1 saturated heterocycles. The van der Waals surface area contributed by atoms with Crippen molar-refractivity contribution >= 4 is 11.8 Å². The number of benzene rings is 1. The smallest absolute Gasteiger partial charge is 0.242 e. The third-order valence-corrected chi connectivity index (χ3v) is 4.42. The first-order valence-electron chi connectivity index (χ1n) is 8.82. The van der Waals surface area contributed by atoms with Gasteiger partial charge < -0.3 is 15.0 Å². The van der Waals surface area contributed by atoms with Crippen LogP contribution in [0.2, 0.25) is 0 Å². The van der Waals surface area contributed by atoms with Gasteiger partial charge in [0.05, 0.1) is 6.10 Å². The minimum absolute atomic E-state index is 0.0579. The summed E-state index contributed by atoms with van der Waals surface area (Å²) in [6.07, 6.45) is 2.01. The van der Waals surface area contributed by atoms with E-state index < -0.39 is 6.04 Å². The second-order valence-electron chi connectivity index (χ2n) is 6.80. The van der Waals surface area contributed by atoms with Gasteiger partial charge in [-0.15, -0.1) is 0 Å². The van der Waals surface area contributed by atoms with Gasteiger partial charge in [0.25, 0.3) is 0 Å². The molecule has 0 aromatic heterocycles. The van der Waals surface area contributed by atoms with Crippen LogP contribution < -0.4 is 5.32 Å². The molecular weight excluding hydrogens is 323 g/mol. The average molecular weight is 350 g/mol. The van der Waals surface area contributed by atoms with Crippen LogP contribution in [0.5, 0.6) is 0 Å². The minimum Gasteiger partial charge on any atom is -0.376 e. The summed E-state index contributed by atoms with van der Waals surface area (Å²) in [5.74, 6) is -0.864. The van der Waals surface area contributed by atoms with Crippen molar-refractivity contribution in [3.63, 3.8) is 0 Å². The molecule has 0 spiro atoms. The van der Waals surface area contributed by atoms with Gasteiger partial charge in [-0.3, -0.25) is 9.59 Å². The maximum atomic E-state index is 13.1. The molecule has 6 heteroatoms. The summed E-state index contributed by atoms with van der Waals surface area (Å²) in [6, 6.07) is 5.37. The van der Waals surface area contributed by atoms with E-state index >= 15 is 0 Å². The first-order valence-corrected chi connectivity index (χ1v) is 8.82. The molecular formula is C19H27FN2O3. The lowest BCUT2D eigenvalue weighted by Gasteiger charge is -2.30. The molecule has 1 aromatic rings. The van der Waals surface area contributed by atoms with Crippen LogP contribution in [0.25, 0.3) is 0 Å². The van der Waals surface area contributed by atoms with E-state index in [2.05, 4.69) is 5.32 Å². The molecule has 25 heavy (non-hydrogen) atoms. The molecule has 0 unspecified atom stereocenters. The standard InChI is InChI=1S/C19H27FN2O3/c1-13(2)19(24)22(12-15-6-8-16(20)9-7-15)14(3)18(23)21-11-17-5-4-10-25-17/h6-9,13-14,17H,4-5,10-12H2,1-3H3,(H,21,23)/t14-,17+/m1/s1. The van der Waals surface area contributed by atoms with Gasteiger partial charge in [-0.2, -0.15) is 0 Å². The Kier molecular flexibility index (Phi) is 6.93. The molecule has 2 atom stereocenters. The summed E-state index contributed by atoms with van der Waals surface area (Å²) in [4.78, 5) is 26.6. The van der Waals surface area contributed by atoms with Crippen molar-refractivity contribution in [1.29, 1.82) is 0 Å². The second-order valence-corrected chi connectivity index (χ2v) is 6.80. The predicted octanol–water partition coefficient (Wildman–Crippen LogP) is 2.49. The first kappa shape index (κ1) is 19.4. The maximum Gasteiger partial charge on any atom is 0.242 e. The van der Waals surface area contributed by atoms with Crippen molar-refractivity contribution in [3.05, 3.63) is 35.6 Å². The molecule has 138 valence electrons. The highest BCUT2D eigenvalue weighted by molar-refractivity contribution is 5.88. The molecule has 0 saturated carbocycles. The summed E-state index contributed by atoms with van der Waals surface area (Å²) < 4.78 is 18.6. The summed E-state index contributed by atoms with van der Waals surface area (Å²) >= 11 is 0. The molecule has 0 aliphatic carbocycles. The Morgan fingerprint density at radius 1 is 1.28 bits per heavy atom. The van der Waals surface area contributed by atoms with E-state index in [1.165, 1.54) is 12.1 Å². The largest absolute Gasteiger partial charge is 0.376 e. The average Bonchev–Trinajstić information content (AvgIpc) is 3.11. The Hall–Kier alpha value is -1.95. The number of nitrogens with one attached hydrogen (secondary N) is 1. The molecule has 1 heterocycles. The van der Waals surface area contributed by atoms with E-state index in [1.54, 1.807) is 37.8 Å². The highest BCUT2D eigenvalue weighted by atomic mass is 19.1. The Balaban J connectivity index is 2.03. The van der Waals surface area contributed by atoms with Crippen molar-refractivity contribution in [2.75, 3.05) is 13.2 Å². The Labute approximate surface area is 148 Å². The number of nitrogens with zero attached hydrogens (tertiary/aromatic N) is 1. The molecule has 1 aliphatic rings. The highest BCUT2D eigenvalue weighted by Crippen LogP contribution is 2.15. The van der Waals surface area contributed by atoms with Crippen LogP contribution in [0.4, 0.5) is 4.39 Å². The fourth-order valence-electron chi connectivity index (χ4n) is 2.83. The number of amides is 2. The number of carbonyl (C=O) groups excluding carboxylic acids is 2. The monoisotopic (exact) mass is 350 g/mol. The second kappa shape index (κ2) is 8.94. The minimum atomic E-state index is -0.610. The number of hydrogen-bond donors (Lipinski definition) is 1. The summed E-state index contributed by atoms with van der Waals surface area (Å²) in [5.41, 5.74) is 0.786. The lowest BCUT2D eigenvalue weighted by Crippen LogP contribution is -2.50. The van der Waals surface area contributed by atoms with Crippen LogP contribution in [0.15, 0.2) is 24.3 Å². The molecule has 0 radical (unpaired) electrons. The highest BCUT2D eigenvalue weighted by Gasteiger charge is 2.28. The molecule has 2 amide bonds. The Morgan fingerprint density at radius 3 is 2.52 bits per heavy atom. The summed E-state index contributed by atoms with van der Waals surface area (Å²) in [7, 11) is 0. The van der Waals surface area contributed by atoms with Crippen LogP contribution in [-0.4, -0.2) is 42.0 Å². The van der Waals surface area contributed by atoms with Crippen molar-refractivity contribution in [2.24, 2.45) is 5.92 Å². The zero-order valence-corrected chi connectivity index (χ0v) is 15.1. The Bertz CT molecular complexity index is 583. The van der Waals surface area contributed by atoms with Gasteiger partial charge in [0, 0.05) is 25.6 Å². The molecule has 2 rings (SSSR count). The molecule has 1 aliphatic heterocycles. The van der Waals surface area contributed by atoms with E-state index in [9.17, 15) is 14.0 Å². The summed E-state index contributed by atoms with van der Waals surface area (Å²) in [5, 5.41) is 2.88. The van der Waals surface area contributed by atoms with Gasteiger partial charge in [0.15, 0.2) is 0 Å². The number of hydrogen-bond acceptors (Lipinski definition) is 3. The SMILES string of the molecule is CC(C)C(=O)N(Cc1ccc(F)cc1)[C@H](C)C(=O)NC[C@@H]1CCCO1. The first-order chi connectivity index (χ1) is 11.9. The topological polar surface area (TPSA) is 58.6 Å². The van der Waals surface area contributed by atoms with Gasteiger partial charge in [-0.25, -0.2) is 4.39 Å². The van der Waals surface area contributed by atoms with Gasteiger partial charge in [0.2, 0.25) is 11.8 Å². The van der Waals surface area contributed by atoms with Crippen molar-refractivity contribution in [3.8, 4) is 0 Å². The molecule has 5 nitrogen and oxygen atoms in total. The van der Waals surface area contributed by atoms with Gasteiger partial charge in [-0.1, -0.05) is 26.0 Å². The fourth-order valence-corrected chi connectivity index (χ4v) is 2.83. The zero-order chi connectivity index (χ0) is 18.4. The van der Waals surface area contributed by atoms with Crippen LogP contribution >= 0.6 is 0 Å². The zero-order valence-electron chi connectivity index (χ0n) is 15.1. The van der Waals surface area contributed by atoms with Gasteiger partial charge in [0.1, 0.15) is 11.9 Å². The lowest BCUT2D eigenvalue weighted by molar-refractivity contribution is -0.143. The molecule has 1 aromatic carbocycles. The van der Waals surface area contributed by atoms with E-state index in [-0.39, 0.29) is 36.2 Å². The van der Waals surface area contributed by atoms with E-state index in [0.717, 1.165) is 25.0 Å². The van der Waals surface area contributed by atoms with Crippen molar-refractivity contribution in [1.82, 2.24) is 10.2 Å². The van der Waals surface area contributed by atoms with Crippen molar-refractivity contribution < 1.29 is 18.7 Å². The number of carbonyl (C=O) groups is 2. The quantitative estimate of drug-likeness (QED) is 0.822. The predicted molar refractivity (Wildman–Crippen MR) is 93.2 cm³/mol. The van der Waals surface area contributed by atoms with E-state index in [4.69, 9.17) is 4.74 Å². The summed E-state index contributed by atoms with van der Waals surface area (Å²) in [6.45, 7) is 6.79. The van der Waals surface area contributed by atoms with E-state index in [0.29, 0.717) is 6.54 Å². The number of rotatable bonds is 7. The third-order valence-electron chi connectivity index (χ3n) is 4.42. The van der Waals surface area contributed by atoms with E-state index in [1.807, 2.05) is 0 Å². The van der Waals surface area contributed by atoms with Gasteiger partial charge in [-0.05, 0) is 37.5 Å². The van der Waals surface area contributed by atoms with Crippen LogP contribution in [0.1, 0.15) is 39.2 Å².